The number of fused-ring (bicyclic) bond motifs is 1. The number of aryl methyl sites for hydroxylation is 1. The second-order valence-electron chi connectivity index (χ2n) is 9.53. The molecule has 0 atom stereocenters. The van der Waals surface area contributed by atoms with Gasteiger partial charge in [-0.3, -0.25) is 9.52 Å². The molecule has 41 heavy (non-hydrogen) atoms. The van der Waals surface area contributed by atoms with Crippen LogP contribution in [0.4, 0.5) is 20.2 Å². The molecular formula is C28H26F2N6O4S. The van der Waals surface area contributed by atoms with Crippen molar-refractivity contribution in [2.75, 3.05) is 10.0 Å². The number of halogens is 2. The molecule has 1 aromatic heterocycles. The number of aromatic amines is 1. The summed E-state index contributed by atoms with van der Waals surface area (Å²) in [6.45, 7) is 1.76. The summed E-state index contributed by atoms with van der Waals surface area (Å²) in [6.07, 6.45) is 2.24. The van der Waals surface area contributed by atoms with Crippen LogP contribution in [0.3, 0.4) is 0 Å². The van der Waals surface area contributed by atoms with Crippen LogP contribution < -0.4 is 25.2 Å². The van der Waals surface area contributed by atoms with E-state index in [0.717, 1.165) is 25.1 Å². The van der Waals surface area contributed by atoms with Crippen molar-refractivity contribution < 1.29 is 26.7 Å². The van der Waals surface area contributed by atoms with Crippen LogP contribution in [0.2, 0.25) is 0 Å². The third-order valence-electron chi connectivity index (χ3n) is 6.31. The van der Waals surface area contributed by atoms with Gasteiger partial charge in [0.1, 0.15) is 17.4 Å². The largest absolute Gasteiger partial charge is 0.454 e. The summed E-state index contributed by atoms with van der Waals surface area (Å²) in [5.74, 6) is -1.62. The van der Waals surface area contributed by atoms with Crippen LogP contribution in [0.5, 0.6) is 11.5 Å². The van der Waals surface area contributed by atoms with Crippen molar-refractivity contribution in [2.24, 2.45) is 5.73 Å². The summed E-state index contributed by atoms with van der Waals surface area (Å²) in [4.78, 5) is 16.1. The average Bonchev–Trinajstić information content (AvgIpc) is 3.62. The number of rotatable bonds is 11. The third-order valence-corrected chi connectivity index (χ3v) is 7.44. The Morgan fingerprint density at radius 3 is 2.51 bits per heavy atom. The molecule has 0 saturated heterocycles. The zero-order valence-corrected chi connectivity index (χ0v) is 22.5. The number of aromatic nitrogens is 1. The fourth-order valence-electron chi connectivity index (χ4n) is 4.07. The Morgan fingerprint density at radius 1 is 1.07 bits per heavy atom. The average molecular weight is 581 g/mol. The first-order chi connectivity index (χ1) is 19.5. The van der Waals surface area contributed by atoms with Gasteiger partial charge in [-0.05, 0) is 73.9 Å². The van der Waals surface area contributed by atoms with Crippen LogP contribution in [0.15, 0.2) is 72.1 Å². The van der Waals surface area contributed by atoms with Crippen LogP contribution in [0.25, 0.3) is 10.9 Å². The topological polar surface area (TPSA) is 162 Å². The molecule has 7 N–H and O–H groups in total. The van der Waals surface area contributed by atoms with Gasteiger partial charge in [-0.25, -0.2) is 8.78 Å². The summed E-state index contributed by atoms with van der Waals surface area (Å²) in [6, 6.07) is 14.5. The molecule has 0 aliphatic heterocycles. The minimum absolute atomic E-state index is 0.0177. The van der Waals surface area contributed by atoms with E-state index in [1.54, 1.807) is 37.3 Å². The van der Waals surface area contributed by atoms with Crippen LogP contribution in [-0.4, -0.2) is 31.4 Å². The van der Waals surface area contributed by atoms with Gasteiger partial charge < -0.3 is 26.2 Å². The molecule has 0 radical (unpaired) electrons. The number of hydrogen-bond acceptors (Lipinski definition) is 7. The maximum atomic E-state index is 14.7. The van der Waals surface area contributed by atoms with E-state index in [1.807, 2.05) is 0 Å². The van der Waals surface area contributed by atoms with Gasteiger partial charge in [0.2, 0.25) is 5.78 Å². The quantitative estimate of drug-likeness (QED) is 0.0824. The van der Waals surface area contributed by atoms with Crippen LogP contribution in [0, 0.1) is 24.0 Å². The predicted octanol–water partition coefficient (Wildman–Crippen LogP) is 5.07. The molecule has 3 aromatic carbocycles. The summed E-state index contributed by atoms with van der Waals surface area (Å²) in [7, 11) is -3.96. The van der Waals surface area contributed by atoms with Gasteiger partial charge in [0.25, 0.3) is 10.2 Å². The molecule has 0 bridgehead atoms. The first-order valence-electron chi connectivity index (χ1n) is 12.5. The van der Waals surface area contributed by atoms with Gasteiger partial charge in [0.05, 0.1) is 17.0 Å². The van der Waals surface area contributed by atoms with E-state index in [1.165, 1.54) is 24.3 Å². The van der Waals surface area contributed by atoms with Gasteiger partial charge in [0, 0.05) is 28.8 Å². The number of nitrogens with two attached hydrogens (primary N) is 1. The number of para-hydroxylation sites is 1. The second-order valence-corrected chi connectivity index (χ2v) is 11.0. The first-order valence-corrected chi connectivity index (χ1v) is 14.0. The van der Waals surface area contributed by atoms with Crippen LogP contribution in [0.1, 0.15) is 28.9 Å². The SMILES string of the molecule is Cc1cc(Oc2ccccc2F)ccc1N/C(N)=C(\C=N)C(=O)c1cc2cc(F)c(NS(=O)(=O)NC3CC3)cc2[nH]1. The molecule has 5 rings (SSSR count). The molecule has 4 aromatic rings. The van der Waals surface area contributed by atoms with Gasteiger partial charge in [-0.2, -0.15) is 13.1 Å². The molecule has 0 spiro atoms. The molecule has 10 nitrogen and oxygen atoms in total. The maximum absolute atomic E-state index is 14.7. The highest BCUT2D eigenvalue weighted by atomic mass is 32.2. The molecular weight excluding hydrogens is 554 g/mol. The lowest BCUT2D eigenvalue weighted by atomic mass is 10.1. The highest BCUT2D eigenvalue weighted by Crippen LogP contribution is 2.29. The van der Waals surface area contributed by atoms with E-state index in [9.17, 15) is 22.0 Å². The Hall–Kier alpha value is -4.75. The third kappa shape index (κ3) is 6.36. The van der Waals surface area contributed by atoms with Crippen molar-refractivity contribution in [3.05, 3.63) is 94.9 Å². The molecule has 13 heteroatoms. The van der Waals surface area contributed by atoms with Gasteiger partial charge in [0.15, 0.2) is 11.6 Å². The molecule has 1 heterocycles. The van der Waals surface area contributed by atoms with E-state index >= 15 is 0 Å². The highest BCUT2D eigenvalue weighted by molar-refractivity contribution is 7.90. The van der Waals surface area contributed by atoms with Gasteiger partial charge in [-0.15, -0.1) is 0 Å². The van der Waals surface area contributed by atoms with E-state index in [4.69, 9.17) is 15.9 Å². The molecule has 1 aliphatic rings. The fourth-order valence-corrected chi connectivity index (χ4v) is 5.25. The van der Waals surface area contributed by atoms with Crippen molar-refractivity contribution in [3.8, 4) is 11.5 Å². The van der Waals surface area contributed by atoms with E-state index in [2.05, 4.69) is 19.7 Å². The summed E-state index contributed by atoms with van der Waals surface area (Å²) >= 11 is 0. The first kappa shape index (κ1) is 27.8. The second kappa shape index (κ2) is 11.0. The Labute approximate surface area is 234 Å². The Morgan fingerprint density at radius 2 is 1.83 bits per heavy atom. The number of ether oxygens (including phenoxy) is 1. The standard InChI is InChI=1S/C28H26F2N6O4S/c1-15-10-18(40-26-5-3-2-4-20(26)29)8-9-22(15)34-28(32)19(14-31)27(37)25-12-16-11-21(30)24(13-23(16)33-25)36-41(38,39)35-17-6-7-17/h2-5,8-14,17,31,33-36H,6-7,32H2,1H3/b28-19+,31-14?. The van der Waals surface area contributed by atoms with Crippen molar-refractivity contribution in [1.82, 2.24) is 9.71 Å². The Kier molecular flexibility index (Phi) is 7.47. The number of allylic oxidation sites excluding steroid dienone is 1. The minimum atomic E-state index is -3.96. The number of benzene rings is 3. The summed E-state index contributed by atoms with van der Waals surface area (Å²) in [5.41, 5.74) is 7.22. The van der Waals surface area contributed by atoms with E-state index in [-0.39, 0.29) is 34.6 Å². The Balaban J connectivity index is 1.35. The lowest BCUT2D eigenvalue weighted by molar-refractivity contribution is 0.103. The number of anilines is 2. The number of nitrogens with one attached hydrogen (secondary N) is 5. The highest BCUT2D eigenvalue weighted by Gasteiger charge is 2.27. The number of carbonyl (C=O) groups is 1. The van der Waals surface area contributed by atoms with Crippen molar-refractivity contribution in [2.45, 2.75) is 25.8 Å². The number of ketones is 1. The molecule has 212 valence electrons. The van der Waals surface area contributed by atoms with Crippen LogP contribution in [-0.2, 0) is 10.2 Å². The number of hydrogen-bond donors (Lipinski definition) is 6. The number of carbonyl (C=O) groups excluding carboxylic acids is 1. The van der Waals surface area contributed by atoms with E-state index < -0.39 is 27.6 Å². The summed E-state index contributed by atoms with van der Waals surface area (Å²) in [5, 5.41) is 11.0. The van der Waals surface area contributed by atoms with Crippen molar-refractivity contribution >= 4 is 44.5 Å². The molecule has 1 aliphatic carbocycles. The lowest BCUT2D eigenvalue weighted by Gasteiger charge is -2.14. The zero-order chi connectivity index (χ0) is 29.3. The number of Topliss-reactive ketones (excluding diaryl/α,β-unsaturated/α-hetero) is 1. The number of H-pyrrole nitrogens is 1. The van der Waals surface area contributed by atoms with Crippen LogP contribution >= 0.6 is 0 Å². The monoisotopic (exact) mass is 580 g/mol. The molecule has 0 amide bonds. The van der Waals surface area contributed by atoms with Crippen molar-refractivity contribution in [3.63, 3.8) is 0 Å². The summed E-state index contributed by atoms with van der Waals surface area (Å²) < 4.78 is 63.2. The molecule has 0 unspecified atom stereocenters. The molecule has 1 saturated carbocycles. The smallest absolute Gasteiger partial charge is 0.299 e. The molecule has 1 fully saturated rings. The minimum Gasteiger partial charge on any atom is -0.454 e. The lowest BCUT2D eigenvalue weighted by Crippen LogP contribution is -2.32. The van der Waals surface area contributed by atoms with Gasteiger partial charge >= 0.3 is 0 Å². The van der Waals surface area contributed by atoms with Crippen molar-refractivity contribution in [1.29, 1.82) is 5.41 Å². The fraction of sp³-hybridized carbons (Fsp3) is 0.143. The Bertz CT molecular complexity index is 1820. The van der Waals surface area contributed by atoms with E-state index in [0.29, 0.717) is 27.9 Å². The maximum Gasteiger partial charge on any atom is 0.299 e. The van der Waals surface area contributed by atoms with Gasteiger partial charge in [-0.1, -0.05) is 12.1 Å². The normalized spacial score (nSPS) is 13.9. The predicted molar refractivity (Wildman–Crippen MR) is 153 cm³/mol. The zero-order valence-electron chi connectivity index (χ0n) is 21.7.